The van der Waals surface area contributed by atoms with Gasteiger partial charge in [0.05, 0.1) is 10.9 Å². The Morgan fingerprint density at radius 1 is 1.00 bits per heavy atom. The van der Waals surface area contributed by atoms with E-state index in [4.69, 9.17) is 0 Å². The quantitative estimate of drug-likeness (QED) is 0.315. The first-order valence-corrected chi connectivity index (χ1v) is 13.9. The van der Waals surface area contributed by atoms with Gasteiger partial charge in [-0.1, -0.05) is 62.7 Å². The van der Waals surface area contributed by atoms with E-state index >= 15 is 0 Å². The number of aryl methyl sites for hydroxylation is 2. The fourth-order valence-electron chi connectivity index (χ4n) is 4.59. The Morgan fingerprint density at radius 3 is 2.32 bits per heavy atom. The molecule has 8 heteroatoms. The van der Waals surface area contributed by atoms with Crippen LogP contribution in [0, 0.1) is 6.92 Å². The molecule has 4 aromatic rings. The van der Waals surface area contributed by atoms with Crippen molar-refractivity contribution in [1.29, 1.82) is 0 Å². The number of rotatable bonds is 9. The summed E-state index contributed by atoms with van der Waals surface area (Å²) in [5, 5.41) is 10.8. The van der Waals surface area contributed by atoms with Crippen molar-refractivity contribution in [3.8, 4) is 17.0 Å². The van der Waals surface area contributed by atoms with Gasteiger partial charge < -0.3 is 5.11 Å². The molecule has 1 atom stereocenters. The van der Waals surface area contributed by atoms with Gasteiger partial charge >= 0.3 is 0 Å². The van der Waals surface area contributed by atoms with Gasteiger partial charge in [0.15, 0.2) is 4.90 Å². The molecule has 2 aromatic heterocycles. The van der Waals surface area contributed by atoms with Crippen LogP contribution in [0.1, 0.15) is 56.1 Å². The summed E-state index contributed by atoms with van der Waals surface area (Å²) in [7, 11) is -4.35. The van der Waals surface area contributed by atoms with E-state index in [1.165, 1.54) is 16.7 Å². The SMILES string of the molecule is CCCCc1nc(O)c(S(=O)(=O)c2ccc(-c3ccncc3C)cc2)c(=O)n1[C@@H](CC)c1ccccc1. The molecule has 192 valence electrons. The van der Waals surface area contributed by atoms with Gasteiger partial charge in [-0.25, -0.2) is 8.42 Å². The molecule has 0 aliphatic rings. The van der Waals surface area contributed by atoms with Crippen molar-refractivity contribution < 1.29 is 13.5 Å². The fraction of sp³-hybridized carbons (Fsp3) is 0.276. The maximum absolute atomic E-state index is 13.9. The lowest BCUT2D eigenvalue weighted by Crippen LogP contribution is -2.33. The first kappa shape index (κ1) is 26.3. The Balaban J connectivity index is 1.86. The molecule has 0 radical (unpaired) electrons. The minimum Gasteiger partial charge on any atom is -0.492 e. The lowest BCUT2D eigenvalue weighted by atomic mass is 10.0. The molecule has 1 N–H and O–H groups in total. The van der Waals surface area contributed by atoms with E-state index in [1.807, 2.05) is 57.2 Å². The van der Waals surface area contributed by atoms with E-state index in [0.29, 0.717) is 18.7 Å². The van der Waals surface area contributed by atoms with Crippen LogP contribution in [0.3, 0.4) is 0 Å². The largest absolute Gasteiger partial charge is 0.492 e. The first-order valence-electron chi connectivity index (χ1n) is 12.4. The molecule has 0 fully saturated rings. The highest BCUT2D eigenvalue weighted by atomic mass is 32.2. The Hall–Kier alpha value is -3.78. The number of benzene rings is 2. The maximum Gasteiger partial charge on any atom is 0.277 e. The number of aromatic nitrogens is 3. The molecule has 2 heterocycles. The predicted octanol–water partition coefficient (Wildman–Crippen LogP) is 5.49. The van der Waals surface area contributed by atoms with Crippen molar-refractivity contribution >= 4 is 9.84 Å². The smallest absolute Gasteiger partial charge is 0.277 e. The Labute approximate surface area is 217 Å². The zero-order valence-electron chi connectivity index (χ0n) is 21.3. The molecule has 2 aromatic carbocycles. The van der Waals surface area contributed by atoms with Crippen LogP contribution in [0.5, 0.6) is 5.88 Å². The zero-order valence-corrected chi connectivity index (χ0v) is 22.1. The van der Waals surface area contributed by atoms with Crippen LogP contribution in [0.4, 0.5) is 0 Å². The molecule has 7 nitrogen and oxygen atoms in total. The second-order valence-electron chi connectivity index (χ2n) is 9.01. The Kier molecular flexibility index (Phi) is 7.88. The van der Waals surface area contributed by atoms with Crippen LogP contribution in [0.2, 0.25) is 0 Å². The summed E-state index contributed by atoms with van der Waals surface area (Å²) in [4.78, 5) is 21.5. The van der Waals surface area contributed by atoms with Crippen LogP contribution in [-0.2, 0) is 16.3 Å². The normalized spacial score (nSPS) is 12.4. The molecule has 0 amide bonds. The summed E-state index contributed by atoms with van der Waals surface area (Å²) in [6.07, 6.45) is 6.03. The van der Waals surface area contributed by atoms with Gasteiger partial charge in [-0.2, -0.15) is 4.98 Å². The molecule has 0 spiro atoms. The molecule has 37 heavy (non-hydrogen) atoms. The van der Waals surface area contributed by atoms with Crippen LogP contribution in [-0.4, -0.2) is 28.1 Å². The summed E-state index contributed by atoms with van der Waals surface area (Å²) >= 11 is 0. The lowest BCUT2D eigenvalue weighted by molar-refractivity contribution is 0.406. The maximum atomic E-state index is 13.9. The molecule has 0 saturated heterocycles. The van der Waals surface area contributed by atoms with E-state index in [-0.39, 0.29) is 4.90 Å². The van der Waals surface area contributed by atoms with E-state index < -0.39 is 32.2 Å². The second-order valence-corrected chi connectivity index (χ2v) is 10.9. The molecule has 0 aliphatic heterocycles. The molecule has 0 saturated carbocycles. The predicted molar refractivity (Wildman–Crippen MR) is 144 cm³/mol. The van der Waals surface area contributed by atoms with Crippen molar-refractivity contribution in [3.63, 3.8) is 0 Å². The summed E-state index contributed by atoms with van der Waals surface area (Å²) in [6.45, 7) is 5.89. The molecule has 0 unspecified atom stereocenters. The average Bonchev–Trinajstić information content (AvgIpc) is 2.90. The summed E-state index contributed by atoms with van der Waals surface area (Å²) < 4.78 is 28.8. The van der Waals surface area contributed by atoms with Gasteiger partial charge in [-0.05, 0) is 60.2 Å². The average molecular weight is 518 g/mol. The number of hydrogen-bond acceptors (Lipinski definition) is 6. The molecule has 0 aliphatic carbocycles. The number of hydrogen-bond donors (Lipinski definition) is 1. The first-order chi connectivity index (χ1) is 17.8. The monoisotopic (exact) mass is 517 g/mol. The highest BCUT2D eigenvalue weighted by Gasteiger charge is 2.31. The van der Waals surface area contributed by atoms with E-state index in [0.717, 1.165) is 35.1 Å². The molecule has 0 bridgehead atoms. The number of unbranched alkanes of at least 4 members (excludes halogenated alkanes) is 1. The van der Waals surface area contributed by atoms with Crippen molar-refractivity contribution in [2.45, 2.75) is 62.3 Å². The third-order valence-electron chi connectivity index (χ3n) is 6.53. The van der Waals surface area contributed by atoms with Crippen molar-refractivity contribution in [2.75, 3.05) is 0 Å². The van der Waals surface area contributed by atoms with Gasteiger partial charge in [-0.3, -0.25) is 14.3 Å². The van der Waals surface area contributed by atoms with Crippen LogP contribution in [0.25, 0.3) is 11.1 Å². The van der Waals surface area contributed by atoms with Crippen LogP contribution >= 0.6 is 0 Å². The summed E-state index contributed by atoms with van der Waals surface area (Å²) in [5.74, 6) is -0.383. The Morgan fingerprint density at radius 2 is 1.70 bits per heavy atom. The van der Waals surface area contributed by atoms with Gasteiger partial charge in [0.25, 0.3) is 5.56 Å². The zero-order chi connectivity index (χ0) is 26.6. The third-order valence-corrected chi connectivity index (χ3v) is 8.32. The van der Waals surface area contributed by atoms with Crippen LogP contribution < -0.4 is 5.56 Å². The topological polar surface area (TPSA) is 102 Å². The van der Waals surface area contributed by atoms with E-state index in [9.17, 15) is 18.3 Å². The highest BCUT2D eigenvalue weighted by Crippen LogP contribution is 2.30. The van der Waals surface area contributed by atoms with Crippen LogP contribution in [0.15, 0.2) is 87.6 Å². The number of aromatic hydroxyl groups is 1. The fourth-order valence-corrected chi connectivity index (χ4v) is 5.93. The summed E-state index contributed by atoms with van der Waals surface area (Å²) in [5.41, 5.74) is 2.82. The molecular weight excluding hydrogens is 486 g/mol. The number of pyridine rings is 1. The van der Waals surface area contributed by atoms with Gasteiger partial charge in [0.2, 0.25) is 15.7 Å². The van der Waals surface area contributed by atoms with Gasteiger partial charge in [0, 0.05) is 18.8 Å². The number of nitrogens with zero attached hydrogens (tertiary/aromatic N) is 3. The van der Waals surface area contributed by atoms with Crippen molar-refractivity contribution in [2.24, 2.45) is 0 Å². The minimum absolute atomic E-state index is 0.0854. The minimum atomic E-state index is -4.35. The third kappa shape index (κ3) is 5.20. The van der Waals surface area contributed by atoms with Crippen molar-refractivity contribution in [1.82, 2.24) is 14.5 Å². The highest BCUT2D eigenvalue weighted by molar-refractivity contribution is 7.91. The van der Waals surface area contributed by atoms with Crippen molar-refractivity contribution in [3.05, 3.63) is 100 Å². The standard InChI is InChI=1S/C29H31N3O4S/c1-4-6-12-26-31-28(33)27(29(34)32(26)25(5-2)22-10-8-7-9-11-22)37(35,36)23-15-13-21(14-16-23)24-17-18-30-19-20(24)3/h7-11,13-19,25,33H,4-6,12H2,1-3H3/t25-/m0/s1. The van der Waals surface area contributed by atoms with E-state index in [2.05, 4.69) is 9.97 Å². The second kappa shape index (κ2) is 11.1. The van der Waals surface area contributed by atoms with Gasteiger partial charge in [-0.15, -0.1) is 0 Å². The van der Waals surface area contributed by atoms with E-state index in [1.54, 1.807) is 24.5 Å². The summed E-state index contributed by atoms with van der Waals surface area (Å²) in [6, 6.07) is 17.2. The molecule has 4 rings (SSSR count). The van der Waals surface area contributed by atoms with Gasteiger partial charge in [0.1, 0.15) is 5.82 Å². The Bertz CT molecular complexity index is 1550. The number of sulfone groups is 1. The molecular formula is C29H31N3O4S. The lowest BCUT2D eigenvalue weighted by Gasteiger charge is -2.23.